The summed E-state index contributed by atoms with van der Waals surface area (Å²) in [4.78, 5) is 22.9. The fourth-order valence-corrected chi connectivity index (χ4v) is 4.13. The zero-order chi connectivity index (χ0) is 23.7. The molecule has 3 N–H and O–H groups in total. The average molecular weight is 454 g/mol. The van der Waals surface area contributed by atoms with Crippen LogP contribution < -0.4 is 11.1 Å². The highest BCUT2D eigenvalue weighted by molar-refractivity contribution is 6.11. The largest absolute Gasteiger partial charge is 0.384 e. The maximum atomic E-state index is 13.6. The Morgan fingerprint density at radius 1 is 0.971 bits per heavy atom. The number of aryl methyl sites for hydroxylation is 1. The smallest absolute Gasteiger partial charge is 0.257 e. The lowest BCUT2D eigenvalue weighted by Crippen LogP contribution is -2.33. The molecule has 2 heterocycles. The molecule has 5 rings (SSSR count). The molecule has 0 saturated heterocycles. The molecule has 6 nitrogen and oxygen atoms in total. The number of hydrogen-bond acceptors (Lipinski definition) is 4. The standard InChI is InChI=1S/C27H24FN5O/c1-17(11-12-18-7-3-2-4-8-18)30-27(34)23-24-26(32-22-10-6-5-9-21(22)31-24)33(25(23)29)20-15-13-19(28)14-16-20/h2-10,13-17H,11-12,29H2,1H3,(H,30,34)/t17-/m1/s1. The van der Waals surface area contributed by atoms with Crippen LogP contribution in [0.1, 0.15) is 29.3 Å². The monoisotopic (exact) mass is 453 g/mol. The Kier molecular flexibility index (Phi) is 5.67. The van der Waals surface area contributed by atoms with Crippen LogP contribution in [0.25, 0.3) is 27.9 Å². The summed E-state index contributed by atoms with van der Waals surface area (Å²) in [7, 11) is 0. The van der Waals surface area contributed by atoms with Gasteiger partial charge in [0.2, 0.25) is 0 Å². The molecule has 0 aliphatic heterocycles. The van der Waals surface area contributed by atoms with Crippen molar-refractivity contribution in [3.8, 4) is 5.69 Å². The second-order valence-electron chi connectivity index (χ2n) is 8.36. The van der Waals surface area contributed by atoms with E-state index in [4.69, 9.17) is 15.7 Å². The number of anilines is 1. The molecule has 0 radical (unpaired) electrons. The number of nitrogen functional groups attached to an aromatic ring is 1. The first-order valence-electron chi connectivity index (χ1n) is 11.2. The van der Waals surface area contributed by atoms with Crippen molar-refractivity contribution in [3.63, 3.8) is 0 Å². The lowest BCUT2D eigenvalue weighted by atomic mass is 10.1. The molecular formula is C27H24FN5O. The number of benzene rings is 3. The number of nitrogens with one attached hydrogen (secondary N) is 1. The fraction of sp³-hybridized carbons (Fsp3) is 0.148. The minimum atomic E-state index is -0.361. The lowest BCUT2D eigenvalue weighted by molar-refractivity contribution is 0.0941. The number of hydrogen-bond donors (Lipinski definition) is 2. The maximum Gasteiger partial charge on any atom is 0.257 e. The molecule has 2 aromatic heterocycles. The van der Waals surface area contributed by atoms with Crippen molar-refractivity contribution >= 4 is 33.9 Å². The van der Waals surface area contributed by atoms with Gasteiger partial charge in [-0.05, 0) is 61.7 Å². The normalized spacial score (nSPS) is 12.2. The Morgan fingerprint density at radius 3 is 2.32 bits per heavy atom. The SMILES string of the molecule is C[C@H](CCc1ccccc1)NC(=O)c1c(N)n(-c2ccc(F)cc2)c2nc3ccccc3nc12. The first-order valence-corrected chi connectivity index (χ1v) is 11.2. The second kappa shape index (κ2) is 8.94. The van der Waals surface area contributed by atoms with E-state index in [1.54, 1.807) is 16.7 Å². The molecule has 170 valence electrons. The molecule has 34 heavy (non-hydrogen) atoms. The zero-order valence-corrected chi connectivity index (χ0v) is 18.7. The molecule has 0 unspecified atom stereocenters. The fourth-order valence-electron chi connectivity index (χ4n) is 4.13. The highest BCUT2D eigenvalue weighted by Gasteiger charge is 2.25. The number of nitrogens with two attached hydrogens (primary N) is 1. The summed E-state index contributed by atoms with van der Waals surface area (Å²) in [6, 6.07) is 23.4. The number of fused-ring (bicyclic) bond motifs is 2. The number of carbonyl (C=O) groups is 1. The minimum absolute atomic E-state index is 0.0789. The van der Waals surface area contributed by atoms with Crippen molar-refractivity contribution < 1.29 is 9.18 Å². The first kappa shape index (κ1) is 21.6. The van der Waals surface area contributed by atoms with Crippen LogP contribution in [0.5, 0.6) is 0 Å². The average Bonchev–Trinajstić information content (AvgIpc) is 3.13. The number of carbonyl (C=O) groups excluding carboxylic acids is 1. The quantitative estimate of drug-likeness (QED) is 0.377. The van der Waals surface area contributed by atoms with E-state index in [0.29, 0.717) is 27.9 Å². The summed E-state index contributed by atoms with van der Waals surface area (Å²) in [5.74, 6) is -0.460. The predicted molar refractivity (Wildman–Crippen MR) is 132 cm³/mol. The van der Waals surface area contributed by atoms with E-state index in [1.165, 1.54) is 17.7 Å². The van der Waals surface area contributed by atoms with E-state index in [1.807, 2.05) is 49.4 Å². The van der Waals surface area contributed by atoms with Gasteiger partial charge in [-0.25, -0.2) is 14.4 Å². The van der Waals surface area contributed by atoms with Gasteiger partial charge in [0.25, 0.3) is 5.91 Å². The van der Waals surface area contributed by atoms with E-state index in [2.05, 4.69) is 17.4 Å². The summed E-state index contributed by atoms with van der Waals surface area (Å²) in [5.41, 5.74) is 10.8. The van der Waals surface area contributed by atoms with Crippen LogP contribution in [0.4, 0.5) is 10.2 Å². The molecule has 0 aliphatic rings. The summed E-state index contributed by atoms with van der Waals surface area (Å²) in [6.45, 7) is 1.97. The molecule has 0 aliphatic carbocycles. The molecule has 3 aromatic carbocycles. The van der Waals surface area contributed by atoms with Gasteiger partial charge in [0, 0.05) is 11.7 Å². The number of rotatable bonds is 6. The molecule has 1 atom stereocenters. The second-order valence-corrected chi connectivity index (χ2v) is 8.36. The van der Waals surface area contributed by atoms with Gasteiger partial charge in [-0.3, -0.25) is 9.36 Å². The Bertz CT molecular complexity index is 1480. The van der Waals surface area contributed by atoms with Gasteiger partial charge in [-0.2, -0.15) is 0 Å². The van der Waals surface area contributed by atoms with Gasteiger partial charge in [0.15, 0.2) is 5.65 Å². The van der Waals surface area contributed by atoms with Crippen molar-refractivity contribution in [1.29, 1.82) is 0 Å². The molecule has 7 heteroatoms. The van der Waals surface area contributed by atoms with Crippen LogP contribution in [0.2, 0.25) is 0 Å². The Labute approximate surface area is 196 Å². The first-order chi connectivity index (χ1) is 16.5. The highest BCUT2D eigenvalue weighted by Crippen LogP contribution is 2.31. The number of amides is 1. The van der Waals surface area contributed by atoms with E-state index in [0.717, 1.165) is 12.8 Å². The summed E-state index contributed by atoms with van der Waals surface area (Å²) in [6.07, 6.45) is 1.63. The molecule has 0 spiro atoms. The Morgan fingerprint density at radius 2 is 1.62 bits per heavy atom. The van der Waals surface area contributed by atoms with Gasteiger partial charge in [0.1, 0.15) is 22.7 Å². The van der Waals surface area contributed by atoms with Crippen LogP contribution in [-0.4, -0.2) is 26.5 Å². The summed E-state index contributed by atoms with van der Waals surface area (Å²) in [5, 5.41) is 3.06. The van der Waals surface area contributed by atoms with Gasteiger partial charge in [-0.1, -0.05) is 42.5 Å². The van der Waals surface area contributed by atoms with E-state index >= 15 is 0 Å². The molecule has 5 aromatic rings. The Hall–Kier alpha value is -4.26. The molecule has 1 amide bonds. The van der Waals surface area contributed by atoms with Crippen molar-refractivity contribution in [2.24, 2.45) is 0 Å². The lowest BCUT2D eigenvalue weighted by Gasteiger charge is -2.14. The minimum Gasteiger partial charge on any atom is -0.384 e. The predicted octanol–water partition coefficient (Wildman–Crippen LogP) is 5.05. The Balaban J connectivity index is 1.54. The number of para-hydroxylation sites is 2. The third-order valence-corrected chi connectivity index (χ3v) is 5.90. The zero-order valence-electron chi connectivity index (χ0n) is 18.7. The molecule has 0 fully saturated rings. The van der Waals surface area contributed by atoms with E-state index in [-0.39, 0.29) is 29.1 Å². The van der Waals surface area contributed by atoms with Crippen molar-refractivity contribution in [2.45, 2.75) is 25.8 Å². The van der Waals surface area contributed by atoms with Crippen LogP contribution >= 0.6 is 0 Å². The van der Waals surface area contributed by atoms with Gasteiger partial charge < -0.3 is 11.1 Å². The number of aromatic nitrogens is 3. The molecular weight excluding hydrogens is 429 g/mol. The summed E-state index contributed by atoms with van der Waals surface area (Å²) >= 11 is 0. The third kappa shape index (κ3) is 4.08. The van der Waals surface area contributed by atoms with Crippen LogP contribution in [0.15, 0.2) is 78.9 Å². The van der Waals surface area contributed by atoms with Crippen molar-refractivity contribution in [1.82, 2.24) is 19.9 Å². The van der Waals surface area contributed by atoms with Crippen LogP contribution in [0, 0.1) is 5.82 Å². The molecule has 0 saturated carbocycles. The highest BCUT2D eigenvalue weighted by atomic mass is 19.1. The van der Waals surface area contributed by atoms with Gasteiger partial charge >= 0.3 is 0 Å². The topological polar surface area (TPSA) is 85.8 Å². The van der Waals surface area contributed by atoms with Crippen molar-refractivity contribution in [2.75, 3.05) is 5.73 Å². The van der Waals surface area contributed by atoms with Crippen LogP contribution in [-0.2, 0) is 6.42 Å². The van der Waals surface area contributed by atoms with E-state index < -0.39 is 0 Å². The molecule has 0 bridgehead atoms. The van der Waals surface area contributed by atoms with Gasteiger partial charge in [0.05, 0.1) is 11.0 Å². The van der Waals surface area contributed by atoms with Crippen LogP contribution in [0.3, 0.4) is 0 Å². The number of halogens is 1. The third-order valence-electron chi connectivity index (χ3n) is 5.90. The summed E-state index contributed by atoms with van der Waals surface area (Å²) < 4.78 is 15.2. The van der Waals surface area contributed by atoms with E-state index in [9.17, 15) is 9.18 Å². The van der Waals surface area contributed by atoms with Crippen molar-refractivity contribution in [3.05, 3.63) is 95.8 Å². The number of nitrogens with zero attached hydrogens (tertiary/aromatic N) is 3. The van der Waals surface area contributed by atoms with Gasteiger partial charge in [-0.15, -0.1) is 0 Å². The maximum absolute atomic E-state index is 13.6.